The van der Waals surface area contributed by atoms with E-state index in [-0.39, 0.29) is 18.4 Å². The third kappa shape index (κ3) is 5.56. The maximum Gasteiger partial charge on any atom is 0.416 e. The lowest BCUT2D eigenvalue weighted by Gasteiger charge is -2.34. The normalized spacial score (nSPS) is 18.6. The van der Waals surface area contributed by atoms with Gasteiger partial charge in [0.05, 0.1) is 17.0 Å². The molecule has 1 heterocycles. The number of hydrogen-bond acceptors (Lipinski definition) is 4. The van der Waals surface area contributed by atoms with Crippen LogP contribution in [0.5, 0.6) is 0 Å². The van der Waals surface area contributed by atoms with Crippen LogP contribution >= 0.6 is 12.4 Å². The third-order valence-electron chi connectivity index (χ3n) is 3.71. The summed E-state index contributed by atoms with van der Waals surface area (Å²) in [6.07, 6.45) is -4.64. The number of sulfonamides is 1. The lowest BCUT2D eigenvalue weighted by atomic mass is 10.2. The van der Waals surface area contributed by atoms with Gasteiger partial charge in [0.25, 0.3) is 0 Å². The van der Waals surface area contributed by atoms with Crippen molar-refractivity contribution >= 4 is 28.3 Å². The number of halogens is 4. The molecule has 0 aliphatic carbocycles. The molecule has 1 aromatic carbocycles. The van der Waals surface area contributed by atoms with Crippen molar-refractivity contribution in [1.82, 2.24) is 14.9 Å². The van der Waals surface area contributed by atoms with Crippen molar-refractivity contribution in [3.05, 3.63) is 29.8 Å². The number of piperazine rings is 1. The highest BCUT2D eigenvalue weighted by Crippen LogP contribution is 2.30. The minimum atomic E-state index is -4.64. The van der Waals surface area contributed by atoms with Crippen LogP contribution < -0.4 is 10.0 Å². The van der Waals surface area contributed by atoms with Crippen LogP contribution in [0.25, 0.3) is 0 Å². The minimum absolute atomic E-state index is 0. The minimum Gasteiger partial charge on any atom is -0.336 e. The Morgan fingerprint density at radius 2 is 2.08 bits per heavy atom. The molecule has 1 aliphatic heterocycles. The molecule has 1 saturated heterocycles. The third-order valence-corrected chi connectivity index (χ3v) is 5.11. The van der Waals surface area contributed by atoms with E-state index in [4.69, 9.17) is 0 Å². The van der Waals surface area contributed by atoms with Gasteiger partial charge in [-0.25, -0.2) is 13.1 Å². The first-order valence-corrected chi connectivity index (χ1v) is 8.77. The van der Waals surface area contributed by atoms with Crippen LogP contribution in [0.1, 0.15) is 12.5 Å². The summed E-state index contributed by atoms with van der Waals surface area (Å²) in [6.45, 7) is 2.99. The van der Waals surface area contributed by atoms with E-state index in [2.05, 4.69) is 10.0 Å². The van der Waals surface area contributed by atoms with Crippen molar-refractivity contribution in [2.24, 2.45) is 0 Å². The SMILES string of the molecule is C[C@@H]1CNCCN1C(=O)CNS(=O)(=O)c1cccc(C(F)(F)F)c1.Cl. The van der Waals surface area contributed by atoms with E-state index in [9.17, 15) is 26.4 Å². The molecule has 25 heavy (non-hydrogen) atoms. The van der Waals surface area contributed by atoms with E-state index in [1.54, 1.807) is 0 Å². The van der Waals surface area contributed by atoms with Gasteiger partial charge in [0.2, 0.25) is 15.9 Å². The first kappa shape index (κ1) is 21.7. The Kier molecular flexibility index (Phi) is 7.24. The summed E-state index contributed by atoms with van der Waals surface area (Å²) in [5.41, 5.74) is -1.06. The van der Waals surface area contributed by atoms with E-state index in [0.29, 0.717) is 25.7 Å². The largest absolute Gasteiger partial charge is 0.416 e. The molecule has 2 N–H and O–H groups in total. The van der Waals surface area contributed by atoms with Gasteiger partial charge in [-0.2, -0.15) is 13.2 Å². The zero-order chi connectivity index (χ0) is 18.0. The molecule has 1 aliphatic rings. The van der Waals surface area contributed by atoms with Gasteiger partial charge < -0.3 is 10.2 Å². The molecule has 1 aromatic rings. The standard InChI is InChI=1S/C14H18F3N3O3S.ClH/c1-10-8-18-5-6-20(10)13(21)9-19-24(22,23)12-4-2-3-11(7-12)14(15,16)17;/h2-4,7,10,18-19H,5-6,8-9H2,1H3;1H/t10-;/m1./s1. The first-order chi connectivity index (χ1) is 11.1. The Labute approximate surface area is 150 Å². The van der Waals surface area contributed by atoms with Gasteiger partial charge in [0, 0.05) is 25.7 Å². The van der Waals surface area contributed by atoms with E-state index in [0.717, 1.165) is 18.2 Å². The average molecular weight is 402 g/mol. The lowest BCUT2D eigenvalue weighted by Crippen LogP contribution is -2.54. The predicted octanol–water partition coefficient (Wildman–Crippen LogP) is 1.23. The Morgan fingerprint density at radius 1 is 1.40 bits per heavy atom. The summed E-state index contributed by atoms with van der Waals surface area (Å²) in [5, 5.41) is 3.10. The highest BCUT2D eigenvalue weighted by molar-refractivity contribution is 7.89. The van der Waals surface area contributed by atoms with Crippen molar-refractivity contribution in [3.63, 3.8) is 0 Å². The van der Waals surface area contributed by atoms with Crippen molar-refractivity contribution in [2.75, 3.05) is 26.2 Å². The van der Waals surface area contributed by atoms with E-state index < -0.39 is 39.1 Å². The average Bonchev–Trinajstić information content (AvgIpc) is 2.52. The second-order valence-corrected chi connectivity index (χ2v) is 7.26. The van der Waals surface area contributed by atoms with Crippen LogP contribution in [0, 0.1) is 0 Å². The summed E-state index contributed by atoms with van der Waals surface area (Å²) in [4.78, 5) is 13.1. The van der Waals surface area contributed by atoms with E-state index in [1.165, 1.54) is 4.90 Å². The maximum absolute atomic E-state index is 12.7. The molecule has 0 radical (unpaired) electrons. The summed E-state index contributed by atoms with van der Waals surface area (Å²) in [6, 6.07) is 3.31. The van der Waals surface area contributed by atoms with Gasteiger partial charge in [-0.1, -0.05) is 6.07 Å². The van der Waals surface area contributed by atoms with Crippen LogP contribution in [0.15, 0.2) is 29.2 Å². The van der Waals surface area contributed by atoms with Gasteiger partial charge in [0.15, 0.2) is 0 Å². The van der Waals surface area contributed by atoms with Crippen LogP contribution in [-0.2, 0) is 21.0 Å². The molecule has 1 amide bonds. The van der Waals surface area contributed by atoms with Crippen molar-refractivity contribution in [3.8, 4) is 0 Å². The molecular formula is C14H19ClF3N3O3S. The van der Waals surface area contributed by atoms with Gasteiger partial charge in [-0.3, -0.25) is 4.79 Å². The molecule has 2 rings (SSSR count). The highest BCUT2D eigenvalue weighted by Gasteiger charge is 2.32. The van der Waals surface area contributed by atoms with Gasteiger partial charge >= 0.3 is 6.18 Å². The smallest absolute Gasteiger partial charge is 0.336 e. The predicted molar refractivity (Wildman–Crippen MR) is 87.9 cm³/mol. The molecular weight excluding hydrogens is 383 g/mol. The van der Waals surface area contributed by atoms with Gasteiger partial charge in [-0.15, -0.1) is 12.4 Å². The van der Waals surface area contributed by atoms with Gasteiger partial charge in [-0.05, 0) is 25.1 Å². The molecule has 6 nitrogen and oxygen atoms in total. The van der Waals surface area contributed by atoms with Gasteiger partial charge in [0.1, 0.15) is 0 Å². The number of rotatable bonds is 4. The van der Waals surface area contributed by atoms with Crippen LogP contribution in [0.4, 0.5) is 13.2 Å². The zero-order valence-corrected chi connectivity index (χ0v) is 15.0. The number of carbonyl (C=O) groups excluding carboxylic acids is 1. The molecule has 0 bridgehead atoms. The van der Waals surface area contributed by atoms with Crippen LogP contribution in [0.3, 0.4) is 0 Å². The highest BCUT2D eigenvalue weighted by atomic mass is 35.5. The van der Waals surface area contributed by atoms with Crippen molar-refractivity contribution < 1.29 is 26.4 Å². The summed E-state index contributed by atoms with van der Waals surface area (Å²) >= 11 is 0. The quantitative estimate of drug-likeness (QED) is 0.795. The summed E-state index contributed by atoms with van der Waals surface area (Å²) in [5.74, 6) is -0.417. The molecule has 0 aromatic heterocycles. The Balaban J connectivity index is 0.00000312. The van der Waals surface area contributed by atoms with Crippen molar-refractivity contribution in [2.45, 2.75) is 24.0 Å². The molecule has 11 heteroatoms. The number of carbonyl (C=O) groups is 1. The fraction of sp³-hybridized carbons (Fsp3) is 0.500. The number of nitrogens with one attached hydrogen (secondary N) is 2. The Morgan fingerprint density at radius 3 is 2.68 bits per heavy atom. The zero-order valence-electron chi connectivity index (χ0n) is 13.3. The van der Waals surface area contributed by atoms with Crippen molar-refractivity contribution in [1.29, 1.82) is 0 Å². The molecule has 142 valence electrons. The molecule has 0 unspecified atom stereocenters. The molecule has 1 fully saturated rings. The number of benzene rings is 1. The van der Waals surface area contributed by atoms with Crippen LogP contribution in [0.2, 0.25) is 0 Å². The van der Waals surface area contributed by atoms with Crippen LogP contribution in [-0.4, -0.2) is 51.4 Å². The first-order valence-electron chi connectivity index (χ1n) is 7.28. The summed E-state index contributed by atoms with van der Waals surface area (Å²) in [7, 11) is -4.21. The maximum atomic E-state index is 12.7. The number of hydrogen-bond donors (Lipinski definition) is 2. The summed E-state index contributed by atoms with van der Waals surface area (Å²) < 4.78 is 64.3. The molecule has 1 atom stereocenters. The number of nitrogens with zero attached hydrogens (tertiary/aromatic N) is 1. The second kappa shape index (κ2) is 8.35. The molecule has 0 spiro atoms. The number of amides is 1. The Hall–Kier alpha value is -1.36. The topological polar surface area (TPSA) is 78.5 Å². The monoisotopic (exact) mass is 401 g/mol. The molecule has 0 saturated carbocycles. The fourth-order valence-electron chi connectivity index (χ4n) is 2.39. The lowest BCUT2D eigenvalue weighted by molar-refractivity contribution is -0.137. The van der Waals surface area contributed by atoms with E-state index in [1.807, 2.05) is 6.92 Å². The Bertz CT molecular complexity index is 713. The van der Waals surface area contributed by atoms with E-state index >= 15 is 0 Å². The number of alkyl halides is 3. The fourth-order valence-corrected chi connectivity index (χ4v) is 3.41. The second-order valence-electron chi connectivity index (χ2n) is 5.49.